The van der Waals surface area contributed by atoms with Crippen LogP contribution in [-0.2, 0) is 0 Å². The molecular weight excluding hydrogens is 204 g/mol. The zero-order chi connectivity index (χ0) is 12.3. The monoisotopic (exact) mass is 224 g/mol. The molecule has 0 bridgehead atoms. The topological polar surface area (TPSA) is 49.7 Å². The van der Waals surface area contributed by atoms with Gasteiger partial charge in [0.15, 0.2) is 11.5 Å². The average Bonchev–Trinajstić information content (AvgIpc) is 2.27. The molecule has 2 N–H and O–H groups in total. The summed E-state index contributed by atoms with van der Waals surface area (Å²) in [6.45, 7) is 6.03. The zero-order valence-corrected chi connectivity index (χ0v) is 10.3. The quantitative estimate of drug-likeness (QED) is 0.826. The molecule has 1 atom stereocenters. The van der Waals surface area contributed by atoms with Crippen LogP contribution in [0.4, 0.5) is 0 Å². The number of methoxy groups -OCH3 is 1. The first-order valence-electron chi connectivity index (χ1n) is 5.53. The second-order valence-corrected chi connectivity index (χ2v) is 4.36. The third-order valence-corrected chi connectivity index (χ3v) is 2.82. The molecule has 1 aromatic carbocycles. The predicted octanol–water partition coefficient (Wildman–Crippen LogP) is 2.62. The lowest BCUT2D eigenvalue weighted by Crippen LogP contribution is -2.06. The summed E-state index contributed by atoms with van der Waals surface area (Å²) in [5, 5.41) is 19.3. The van der Waals surface area contributed by atoms with Gasteiger partial charge >= 0.3 is 0 Å². The van der Waals surface area contributed by atoms with Gasteiger partial charge in [0.1, 0.15) is 0 Å². The normalized spacial score (nSPS) is 12.9. The van der Waals surface area contributed by atoms with Crippen LogP contribution in [0.1, 0.15) is 43.7 Å². The van der Waals surface area contributed by atoms with Gasteiger partial charge in [-0.05, 0) is 17.5 Å². The van der Waals surface area contributed by atoms with Gasteiger partial charge in [-0.2, -0.15) is 0 Å². The largest absolute Gasteiger partial charge is 0.504 e. The van der Waals surface area contributed by atoms with Gasteiger partial charge in [0, 0.05) is 18.1 Å². The highest BCUT2D eigenvalue weighted by molar-refractivity contribution is 5.52. The molecule has 1 aromatic rings. The van der Waals surface area contributed by atoms with Gasteiger partial charge in [0.2, 0.25) is 0 Å². The number of aromatic hydroxyl groups is 1. The Labute approximate surface area is 96.7 Å². The van der Waals surface area contributed by atoms with Crippen LogP contribution in [0, 0.1) is 0 Å². The molecule has 16 heavy (non-hydrogen) atoms. The van der Waals surface area contributed by atoms with E-state index in [1.807, 2.05) is 13.0 Å². The van der Waals surface area contributed by atoms with Gasteiger partial charge < -0.3 is 14.9 Å². The van der Waals surface area contributed by atoms with Crippen molar-refractivity contribution < 1.29 is 14.9 Å². The van der Waals surface area contributed by atoms with Gasteiger partial charge in [-0.3, -0.25) is 0 Å². The highest BCUT2D eigenvalue weighted by Gasteiger charge is 2.19. The highest BCUT2D eigenvalue weighted by atomic mass is 16.5. The number of benzene rings is 1. The minimum atomic E-state index is -0.0903. The Balaban J connectivity index is 3.36. The molecule has 3 heteroatoms. The Morgan fingerprint density at radius 3 is 2.31 bits per heavy atom. The van der Waals surface area contributed by atoms with Crippen molar-refractivity contribution in [2.45, 2.75) is 32.6 Å². The van der Waals surface area contributed by atoms with E-state index in [4.69, 9.17) is 4.74 Å². The first kappa shape index (κ1) is 12.8. The Hall–Kier alpha value is -1.22. The van der Waals surface area contributed by atoms with Crippen molar-refractivity contribution in [3.8, 4) is 11.5 Å². The van der Waals surface area contributed by atoms with Crippen LogP contribution < -0.4 is 4.74 Å². The molecule has 0 saturated heterocycles. The number of phenols is 1. The fourth-order valence-corrected chi connectivity index (χ4v) is 1.88. The van der Waals surface area contributed by atoms with E-state index in [0.29, 0.717) is 11.7 Å². The number of aliphatic hydroxyl groups excluding tert-OH is 1. The van der Waals surface area contributed by atoms with Crippen molar-refractivity contribution in [3.63, 3.8) is 0 Å². The second-order valence-electron chi connectivity index (χ2n) is 4.36. The van der Waals surface area contributed by atoms with Crippen LogP contribution in [0.25, 0.3) is 0 Å². The summed E-state index contributed by atoms with van der Waals surface area (Å²) in [5.74, 6) is 0.822. The lowest BCUT2D eigenvalue weighted by molar-refractivity contribution is 0.268. The van der Waals surface area contributed by atoms with E-state index in [0.717, 1.165) is 11.1 Å². The standard InChI is InChI=1S/C13H20O3/c1-8(2)10-5-6-11(16-4)13(15)12(10)9(3)7-14/h5-6,8-9,14-15H,7H2,1-4H3. The Bertz CT molecular complexity index is 358. The summed E-state index contributed by atoms with van der Waals surface area (Å²) < 4.78 is 5.08. The summed E-state index contributed by atoms with van der Waals surface area (Å²) in [5.41, 5.74) is 1.84. The van der Waals surface area contributed by atoms with Gasteiger partial charge in [-0.25, -0.2) is 0 Å². The fraction of sp³-hybridized carbons (Fsp3) is 0.538. The number of hydrogen-bond acceptors (Lipinski definition) is 3. The van der Waals surface area contributed by atoms with Gasteiger partial charge in [-0.1, -0.05) is 26.8 Å². The number of rotatable bonds is 4. The molecule has 90 valence electrons. The molecule has 0 spiro atoms. The SMILES string of the molecule is COc1ccc(C(C)C)c(C(C)CO)c1O. The van der Waals surface area contributed by atoms with E-state index in [1.165, 1.54) is 7.11 Å². The van der Waals surface area contributed by atoms with Crippen molar-refractivity contribution in [1.29, 1.82) is 0 Å². The number of ether oxygens (including phenoxy) is 1. The minimum Gasteiger partial charge on any atom is -0.504 e. The Morgan fingerprint density at radius 2 is 1.88 bits per heavy atom. The highest BCUT2D eigenvalue weighted by Crippen LogP contribution is 2.39. The number of hydrogen-bond donors (Lipinski definition) is 2. The zero-order valence-electron chi connectivity index (χ0n) is 10.3. The van der Waals surface area contributed by atoms with Crippen molar-refractivity contribution in [3.05, 3.63) is 23.3 Å². The van der Waals surface area contributed by atoms with Gasteiger partial charge in [0.25, 0.3) is 0 Å². The number of phenolic OH excluding ortho intramolecular Hbond substituents is 1. The molecule has 0 aromatic heterocycles. The summed E-state index contributed by atoms with van der Waals surface area (Å²) in [4.78, 5) is 0. The fourth-order valence-electron chi connectivity index (χ4n) is 1.88. The number of aliphatic hydroxyl groups is 1. The van der Waals surface area contributed by atoms with E-state index in [9.17, 15) is 10.2 Å². The van der Waals surface area contributed by atoms with Crippen LogP contribution in [0.3, 0.4) is 0 Å². The van der Waals surface area contributed by atoms with Crippen LogP contribution >= 0.6 is 0 Å². The lowest BCUT2D eigenvalue weighted by Gasteiger charge is -2.20. The maximum Gasteiger partial charge on any atom is 0.161 e. The van der Waals surface area contributed by atoms with E-state index < -0.39 is 0 Å². The second kappa shape index (κ2) is 5.21. The van der Waals surface area contributed by atoms with Crippen molar-refractivity contribution in [2.75, 3.05) is 13.7 Å². The van der Waals surface area contributed by atoms with E-state index in [-0.39, 0.29) is 18.3 Å². The smallest absolute Gasteiger partial charge is 0.161 e. The molecule has 1 unspecified atom stereocenters. The molecule has 0 saturated carbocycles. The maximum absolute atomic E-state index is 10.1. The van der Waals surface area contributed by atoms with E-state index >= 15 is 0 Å². The lowest BCUT2D eigenvalue weighted by atomic mass is 9.89. The molecule has 0 heterocycles. The molecule has 0 aliphatic heterocycles. The molecule has 0 aliphatic rings. The maximum atomic E-state index is 10.1. The first-order chi connectivity index (χ1) is 7.52. The molecule has 0 radical (unpaired) electrons. The van der Waals surface area contributed by atoms with Crippen LogP contribution in [0.15, 0.2) is 12.1 Å². The predicted molar refractivity (Wildman–Crippen MR) is 64.2 cm³/mol. The van der Waals surface area contributed by atoms with Crippen molar-refractivity contribution in [2.24, 2.45) is 0 Å². The Kier molecular flexibility index (Phi) is 4.19. The van der Waals surface area contributed by atoms with Crippen molar-refractivity contribution in [1.82, 2.24) is 0 Å². The molecule has 0 amide bonds. The summed E-state index contributed by atoms with van der Waals surface area (Å²) >= 11 is 0. The summed E-state index contributed by atoms with van der Waals surface area (Å²) in [7, 11) is 1.53. The van der Waals surface area contributed by atoms with Crippen LogP contribution in [0.2, 0.25) is 0 Å². The van der Waals surface area contributed by atoms with E-state index in [1.54, 1.807) is 6.07 Å². The molecule has 3 nitrogen and oxygen atoms in total. The third kappa shape index (κ3) is 2.30. The Morgan fingerprint density at radius 1 is 1.25 bits per heavy atom. The molecule has 1 rings (SSSR count). The average molecular weight is 224 g/mol. The van der Waals surface area contributed by atoms with Gasteiger partial charge in [-0.15, -0.1) is 0 Å². The van der Waals surface area contributed by atoms with Gasteiger partial charge in [0.05, 0.1) is 7.11 Å². The third-order valence-electron chi connectivity index (χ3n) is 2.82. The molecule has 0 fully saturated rings. The molecular formula is C13H20O3. The van der Waals surface area contributed by atoms with Crippen LogP contribution in [0.5, 0.6) is 11.5 Å². The van der Waals surface area contributed by atoms with Crippen LogP contribution in [-0.4, -0.2) is 23.9 Å². The first-order valence-corrected chi connectivity index (χ1v) is 5.53. The molecule has 0 aliphatic carbocycles. The summed E-state index contributed by atoms with van der Waals surface area (Å²) in [6.07, 6.45) is 0. The summed E-state index contributed by atoms with van der Waals surface area (Å²) in [6, 6.07) is 3.71. The minimum absolute atomic E-state index is 0.0143. The van der Waals surface area contributed by atoms with E-state index in [2.05, 4.69) is 13.8 Å². The van der Waals surface area contributed by atoms with Crippen molar-refractivity contribution >= 4 is 0 Å².